The molecule has 1 saturated heterocycles. The molecule has 9 heteroatoms. The van der Waals surface area contributed by atoms with Crippen LogP contribution >= 0.6 is 0 Å². The number of hydrogen-bond donors (Lipinski definition) is 1. The molecule has 0 saturated carbocycles. The van der Waals surface area contributed by atoms with Gasteiger partial charge in [0.1, 0.15) is 17.8 Å². The summed E-state index contributed by atoms with van der Waals surface area (Å²) in [6.45, 7) is 1.02. The molecule has 0 bridgehead atoms. The molecule has 2 rings (SSSR count). The number of nitrogens with zero attached hydrogens (tertiary/aromatic N) is 3. The van der Waals surface area contributed by atoms with Gasteiger partial charge in [0, 0.05) is 31.3 Å². The molecule has 1 aromatic heterocycles. The van der Waals surface area contributed by atoms with Crippen LogP contribution in [-0.2, 0) is 4.79 Å². The number of pyridine rings is 1. The van der Waals surface area contributed by atoms with E-state index in [4.69, 9.17) is 5.26 Å². The third kappa shape index (κ3) is 4.01. The van der Waals surface area contributed by atoms with Gasteiger partial charge in [0.05, 0.1) is 0 Å². The summed E-state index contributed by atoms with van der Waals surface area (Å²) in [6, 6.07) is 1.69. The first kappa shape index (κ1) is 17.7. The molecule has 1 aliphatic heterocycles. The molecule has 0 unspecified atom stereocenters. The number of alkyl halides is 3. The van der Waals surface area contributed by atoms with Gasteiger partial charge >= 0.3 is 6.18 Å². The number of piperidine rings is 1. The number of amides is 2. The van der Waals surface area contributed by atoms with Crippen molar-refractivity contribution in [3.05, 3.63) is 29.6 Å². The largest absolute Gasteiger partial charge is 0.408 e. The SMILES string of the molecule is CC(=O)N[C@H]1CC[C@@H](C(F)(F)F)N(C(=O)c2ccnc(C#N)c2)C1. The van der Waals surface area contributed by atoms with E-state index in [2.05, 4.69) is 10.3 Å². The van der Waals surface area contributed by atoms with Gasteiger partial charge in [0.15, 0.2) is 0 Å². The van der Waals surface area contributed by atoms with E-state index in [1.165, 1.54) is 19.2 Å². The van der Waals surface area contributed by atoms with E-state index in [0.29, 0.717) is 4.90 Å². The Morgan fingerprint density at radius 2 is 2.12 bits per heavy atom. The molecule has 24 heavy (non-hydrogen) atoms. The van der Waals surface area contributed by atoms with Crippen LogP contribution < -0.4 is 5.32 Å². The van der Waals surface area contributed by atoms with Crippen molar-refractivity contribution in [3.8, 4) is 6.07 Å². The third-order valence-corrected chi connectivity index (χ3v) is 3.75. The standard InChI is InChI=1S/C15H15F3N4O2/c1-9(23)21-11-2-3-13(15(16,17)18)22(8-11)14(24)10-4-5-20-12(6-10)7-19/h4-6,11,13H,2-3,8H2,1H3,(H,21,23)/t11-,13-/m0/s1. The highest BCUT2D eigenvalue weighted by Crippen LogP contribution is 2.33. The average molecular weight is 340 g/mol. The Morgan fingerprint density at radius 3 is 2.71 bits per heavy atom. The van der Waals surface area contributed by atoms with E-state index in [1.807, 2.05) is 0 Å². The number of hydrogen-bond acceptors (Lipinski definition) is 4. The fourth-order valence-electron chi connectivity index (χ4n) is 2.73. The number of nitriles is 1. The van der Waals surface area contributed by atoms with Crippen molar-refractivity contribution in [2.24, 2.45) is 0 Å². The van der Waals surface area contributed by atoms with Crippen LogP contribution in [0.3, 0.4) is 0 Å². The number of carbonyl (C=O) groups is 2. The predicted octanol–water partition coefficient (Wildman–Crippen LogP) is 1.62. The number of nitrogens with one attached hydrogen (secondary N) is 1. The maximum absolute atomic E-state index is 13.3. The van der Waals surface area contributed by atoms with Crippen LogP contribution in [0, 0.1) is 11.3 Å². The Balaban J connectivity index is 2.30. The monoisotopic (exact) mass is 340 g/mol. The Labute approximate surface area is 136 Å². The molecule has 6 nitrogen and oxygen atoms in total. The van der Waals surface area contributed by atoms with Crippen molar-refractivity contribution in [3.63, 3.8) is 0 Å². The highest BCUT2D eigenvalue weighted by molar-refractivity contribution is 5.94. The van der Waals surface area contributed by atoms with Crippen molar-refractivity contribution in [1.82, 2.24) is 15.2 Å². The molecule has 0 aliphatic carbocycles. The smallest absolute Gasteiger partial charge is 0.352 e. The van der Waals surface area contributed by atoms with Crippen LogP contribution in [0.4, 0.5) is 13.2 Å². The lowest BCUT2D eigenvalue weighted by Gasteiger charge is -2.40. The van der Waals surface area contributed by atoms with Crippen LogP contribution in [0.2, 0.25) is 0 Å². The van der Waals surface area contributed by atoms with Crippen LogP contribution in [0.25, 0.3) is 0 Å². The number of aromatic nitrogens is 1. The molecule has 1 aromatic rings. The van der Waals surface area contributed by atoms with E-state index in [9.17, 15) is 22.8 Å². The minimum Gasteiger partial charge on any atom is -0.352 e. The summed E-state index contributed by atoms with van der Waals surface area (Å²) in [7, 11) is 0. The first-order valence-electron chi connectivity index (χ1n) is 7.23. The van der Waals surface area contributed by atoms with Gasteiger partial charge in [-0.05, 0) is 25.0 Å². The molecule has 2 heterocycles. The molecule has 2 amide bonds. The van der Waals surface area contributed by atoms with Crippen molar-refractivity contribution in [2.75, 3.05) is 6.54 Å². The van der Waals surface area contributed by atoms with Gasteiger partial charge in [-0.1, -0.05) is 0 Å². The zero-order valence-corrected chi connectivity index (χ0v) is 12.8. The van der Waals surface area contributed by atoms with Gasteiger partial charge in [-0.25, -0.2) is 4.98 Å². The van der Waals surface area contributed by atoms with Crippen LogP contribution in [0.15, 0.2) is 18.3 Å². The minimum absolute atomic E-state index is 0.0423. The molecule has 1 aliphatic rings. The fourth-order valence-corrected chi connectivity index (χ4v) is 2.73. The van der Waals surface area contributed by atoms with Crippen molar-refractivity contribution in [1.29, 1.82) is 5.26 Å². The van der Waals surface area contributed by atoms with Gasteiger partial charge in [-0.3, -0.25) is 9.59 Å². The van der Waals surface area contributed by atoms with Gasteiger partial charge in [0.25, 0.3) is 5.91 Å². The minimum atomic E-state index is -4.57. The van der Waals surface area contributed by atoms with Crippen molar-refractivity contribution in [2.45, 2.75) is 38.0 Å². The summed E-state index contributed by atoms with van der Waals surface area (Å²) < 4.78 is 39.8. The van der Waals surface area contributed by atoms with Gasteiger partial charge in [0.2, 0.25) is 5.91 Å². The predicted molar refractivity (Wildman–Crippen MR) is 76.7 cm³/mol. The zero-order valence-electron chi connectivity index (χ0n) is 12.8. The molecule has 1 fully saturated rings. The quantitative estimate of drug-likeness (QED) is 0.886. The normalized spacial score (nSPS) is 21.0. The topological polar surface area (TPSA) is 86.1 Å². The number of carbonyl (C=O) groups excluding carboxylic acids is 2. The molecular weight excluding hydrogens is 325 g/mol. The van der Waals surface area contributed by atoms with Gasteiger partial charge < -0.3 is 10.2 Å². The van der Waals surface area contributed by atoms with E-state index in [0.717, 1.165) is 6.07 Å². The molecule has 1 N–H and O–H groups in total. The van der Waals surface area contributed by atoms with E-state index < -0.39 is 24.2 Å². The lowest BCUT2D eigenvalue weighted by molar-refractivity contribution is -0.184. The number of rotatable bonds is 2. The highest BCUT2D eigenvalue weighted by atomic mass is 19.4. The molecule has 0 spiro atoms. The summed E-state index contributed by atoms with van der Waals surface area (Å²) >= 11 is 0. The molecule has 0 radical (unpaired) electrons. The summed E-state index contributed by atoms with van der Waals surface area (Å²) in [4.78, 5) is 28.1. The molecular formula is C15H15F3N4O2. The maximum atomic E-state index is 13.3. The summed E-state index contributed by atoms with van der Waals surface area (Å²) in [5.41, 5.74) is -0.0981. The Hall–Kier alpha value is -2.63. The second-order valence-electron chi connectivity index (χ2n) is 5.53. The fraction of sp³-hybridized carbons (Fsp3) is 0.467. The second kappa shape index (κ2) is 6.86. The van der Waals surface area contributed by atoms with Crippen LogP contribution in [0.5, 0.6) is 0 Å². The Morgan fingerprint density at radius 1 is 1.42 bits per heavy atom. The highest BCUT2D eigenvalue weighted by Gasteiger charge is 2.48. The average Bonchev–Trinajstić information content (AvgIpc) is 2.52. The third-order valence-electron chi connectivity index (χ3n) is 3.75. The molecule has 0 aromatic carbocycles. The van der Waals surface area contributed by atoms with Gasteiger partial charge in [-0.15, -0.1) is 0 Å². The summed E-state index contributed by atoms with van der Waals surface area (Å²) in [6.07, 6.45) is -3.53. The first-order chi connectivity index (χ1) is 11.2. The van der Waals surface area contributed by atoms with E-state index in [-0.39, 0.29) is 36.6 Å². The lowest BCUT2D eigenvalue weighted by Crippen LogP contribution is -2.58. The van der Waals surface area contributed by atoms with E-state index in [1.54, 1.807) is 6.07 Å². The van der Waals surface area contributed by atoms with Crippen molar-refractivity contribution >= 4 is 11.8 Å². The Bertz CT molecular complexity index is 684. The van der Waals surface area contributed by atoms with Crippen LogP contribution in [-0.4, -0.2) is 46.5 Å². The summed E-state index contributed by atoms with van der Waals surface area (Å²) in [5.74, 6) is -1.21. The summed E-state index contributed by atoms with van der Waals surface area (Å²) in [5, 5.41) is 11.4. The van der Waals surface area contributed by atoms with Gasteiger partial charge in [-0.2, -0.15) is 18.4 Å². The number of likely N-dealkylation sites (tertiary alicyclic amines) is 1. The lowest BCUT2D eigenvalue weighted by atomic mass is 9.96. The van der Waals surface area contributed by atoms with Crippen LogP contribution in [0.1, 0.15) is 35.8 Å². The van der Waals surface area contributed by atoms with Crippen molar-refractivity contribution < 1.29 is 22.8 Å². The molecule has 2 atom stereocenters. The Kier molecular flexibility index (Phi) is 5.07. The molecule has 128 valence electrons. The zero-order chi connectivity index (χ0) is 17.9. The van der Waals surface area contributed by atoms with E-state index >= 15 is 0 Å². The maximum Gasteiger partial charge on any atom is 0.408 e. The second-order valence-corrected chi connectivity index (χ2v) is 5.53. The number of halogens is 3. The first-order valence-corrected chi connectivity index (χ1v) is 7.23.